The minimum absolute atomic E-state index is 0.213. The van der Waals surface area contributed by atoms with Crippen molar-refractivity contribution in [1.82, 2.24) is 4.57 Å². The molecule has 0 saturated carbocycles. The summed E-state index contributed by atoms with van der Waals surface area (Å²) in [6, 6.07) is 34.7. The largest absolute Gasteiger partial charge is 0.460 e. The van der Waals surface area contributed by atoms with Gasteiger partial charge in [-0.05, 0) is 152 Å². The van der Waals surface area contributed by atoms with Crippen molar-refractivity contribution in [3.8, 4) is 0 Å². The Balaban J connectivity index is 0.782. The SMILES string of the molecule is C1=CCC(C2=CCC(N(c3ccc(C4=CCCC=C4)cc3)c3ccc(C4=c5oc6c(c5=CCC4)C=CCC6C4C=CC(c5ccc6c(c5)c5ccccc5n6C5=CCCC=C5)=CC4)cc3)C=C2)C=C1. The maximum Gasteiger partial charge on any atom is 0.138 e. The monoisotopic (exact) mass is 894 g/mol. The summed E-state index contributed by atoms with van der Waals surface area (Å²) in [6.07, 6.45) is 55.0. The molecule has 69 heavy (non-hydrogen) atoms. The molecule has 2 heterocycles. The third-order valence-electron chi connectivity index (χ3n) is 15.7. The van der Waals surface area contributed by atoms with Crippen LogP contribution in [0.1, 0.15) is 98.1 Å². The van der Waals surface area contributed by atoms with Gasteiger partial charge in [0.15, 0.2) is 0 Å². The van der Waals surface area contributed by atoms with Crippen LogP contribution in [-0.4, -0.2) is 10.6 Å². The highest BCUT2D eigenvalue weighted by atomic mass is 16.3. The molecule has 4 atom stereocenters. The maximum absolute atomic E-state index is 7.15. The Morgan fingerprint density at radius 1 is 0.536 bits per heavy atom. The average molecular weight is 895 g/mol. The number of allylic oxidation sites excluding steroid dienone is 19. The van der Waals surface area contributed by atoms with Crippen LogP contribution >= 0.6 is 0 Å². The molecule has 3 heteroatoms. The molecule has 13 rings (SSSR count). The molecule has 2 aromatic heterocycles. The summed E-state index contributed by atoms with van der Waals surface area (Å²) in [7, 11) is 0. The van der Waals surface area contributed by atoms with Gasteiger partial charge in [-0.2, -0.15) is 0 Å². The topological polar surface area (TPSA) is 21.3 Å². The van der Waals surface area contributed by atoms with Crippen molar-refractivity contribution in [1.29, 1.82) is 0 Å². The van der Waals surface area contributed by atoms with Crippen molar-refractivity contribution in [3.05, 3.63) is 239 Å². The molecule has 0 radical (unpaired) electrons. The Morgan fingerprint density at radius 3 is 2.09 bits per heavy atom. The summed E-state index contributed by atoms with van der Waals surface area (Å²) in [4.78, 5) is 2.53. The summed E-state index contributed by atoms with van der Waals surface area (Å²) in [5, 5.41) is 3.90. The van der Waals surface area contributed by atoms with Gasteiger partial charge in [0.25, 0.3) is 0 Å². The van der Waals surface area contributed by atoms with Crippen molar-refractivity contribution in [3.63, 3.8) is 0 Å². The summed E-state index contributed by atoms with van der Waals surface area (Å²) in [6.45, 7) is 0. The van der Waals surface area contributed by atoms with E-state index in [1.807, 2.05) is 0 Å². The summed E-state index contributed by atoms with van der Waals surface area (Å²) in [5.41, 5.74) is 17.8. The number of fused-ring (bicyclic) bond motifs is 6. The third-order valence-corrected chi connectivity index (χ3v) is 15.7. The van der Waals surface area contributed by atoms with E-state index >= 15 is 0 Å². The molecule has 4 unspecified atom stereocenters. The van der Waals surface area contributed by atoms with Gasteiger partial charge >= 0.3 is 0 Å². The van der Waals surface area contributed by atoms with E-state index in [9.17, 15) is 0 Å². The van der Waals surface area contributed by atoms with E-state index in [0.717, 1.165) is 75.4 Å². The van der Waals surface area contributed by atoms with Gasteiger partial charge in [0.05, 0.1) is 17.1 Å². The van der Waals surface area contributed by atoms with Crippen LogP contribution in [0, 0.1) is 11.8 Å². The number of nitrogens with zero attached hydrogens (tertiary/aromatic N) is 2. The number of hydrogen-bond acceptors (Lipinski definition) is 2. The van der Waals surface area contributed by atoms with Crippen LogP contribution in [0.15, 0.2) is 204 Å². The van der Waals surface area contributed by atoms with Crippen molar-refractivity contribution < 1.29 is 4.42 Å². The van der Waals surface area contributed by atoms with Crippen LogP contribution in [0.2, 0.25) is 0 Å². The standard InChI is InChI=1S/C66H58N2O/c1-4-14-45(15-5-1)47-30-37-54(38-31-47)67(55-39-32-48(33-40-55)46-16-6-2-7-17-46)56-41-34-51(35-42-56)58-22-13-24-61-60-23-12-21-57(65(60)69-66(58)61)50-28-26-49(27-29-50)52-36-43-64-62(44-52)59-20-10-11-25-63(59)68(64)53-18-8-3-9-19-53/h1,4-6,8,10-12,14,16-20,23-28,30-37,39-45,50,54,57H,2-3,7,9,13,15,21-22,29,38H2. The predicted molar refractivity (Wildman–Crippen MR) is 291 cm³/mol. The molecule has 7 aliphatic carbocycles. The van der Waals surface area contributed by atoms with Crippen molar-refractivity contribution in [2.75, 3.05) is 4.90 Å². The zero-order valence-corrected chi connectivity index (χ0v) is 39.3. The van der Waals surface area contributed by atoms with Crippen molar-refractivity contribution in [2.24, 2.45) is 11.8 Å². The Morgan fingerprint density at radius 2 is 1.33 bits per heavy atom. The molecule has 3 nitrogen and oxygen atoms in total. The number of rotatable bonds is 9. The summed E-state index contributed by atoms with van der Waals surface area (Å²) in [5.74, 6) is 2.29. The third kappa shape index (κ3) is 7.69. The number of para-hydroxylation sites is 1. The van der Waals surface area contributed by atoms with E-state index in [1.165, 1.54) is 88.6 Å². The van der Waals surface area contributed by atoms with Gasteiger partial charge in [-0.1, -0.05) is 158 Å². The smallest absolute Gasteiger partial charge is 0.138 e. The molecular weight excluding hydrogens is 837 g/mol. The number of anilines is 2. The zero-order valence-electron chi connectivity index (χ0n) is 39.3. The highest BCUT2D eigenvalue weighted by Crippen LogP contribution is 2.42. The van der Waals surface area contributed by atoms with E-state index in [-0.39, 0.29) is 6.04 Å². The average Bonchev–Trinajstić information content (AvgIpc) is 3.98. The molecule has 0 fully saturated rings. The van der Waals surface area contributed by atoms with E-state index in [2.05, 4.69) is 216 Å². The number of aromatic nitrogens is 1. The molecule has 0 aliphatic heterocycles. The van der Waals surface area contributed by atoms with Gasteiger partial charge < -0.3 is 13.9 Å². The minimum atomic E-state index is 0.213. The zero-order chi connectivity index (χ0) is 45.7. The molecule has 0 N–H and O–H groups in total. The van der Waals surface area contributed by atoms with E-state index in [0.29, 0.717) is 17.8 Å². The Hall–Kier alpha value is -7.36. The van der Waals surface area contributed by atoms with Crippen LogP contribution in [0.25, 0.3) is 56.4 Å². The summed E-state index contributed by atoms with van der Waals surface area (Å²) < 4.78 is 9.59. The number of furan rings is 1. The predicted octanol–water partition coefficient (Wildman–Crippen LogP) is 15.8. The molecular formula is C66H58N2O. The van der Waals surface area contributed by atoms with Crippen LogP contribution in [0.4, 0.5) is 11.4 Å². The Kier molecular flexibility index (Phi) is 10.9. The van der Waals surface area contributed by atoms with E-state index in [4.69, 9.17) is 4.42 Å². The van der Waals surface area contributed by atoms with Gasteiger partial charge in [-0.25, -0.2) is 0 Å². The first-order chi connectivity index (χ1) is 34.2. The van der Waals surface area contributed by atoms with Crippen LogP contribution in [0.3, 0.4) is 0 Å². The molecule has 0 saturated heterocycles. The van der Waals surface area contributed by atoms with Crippen molar-refractivity contribution >= 4 is 67.7 Å². The van der Waals surface area contributed by atoms with E-state index < -0.39 is 0 Å². The lowest BCUT2D eigenvalue weighted by Gasteiger charge is -2.34. The lowest BCUT2D eigenvalue weighted by atomic mass is 9.78. The quantitative estimate of drug-likeness (QED) is 0.144. The van der Waals surface area contributed by atoms with Gasteiger partial charge in [-0.15, -0.1) is 0 Å². The second kappa shape index (κ2) is 17.9. The Labute approximate surface area is 406 Å². The lowest BCUT2D eigenvalue weighted by Crippen LogP contribution is -2.30. The molecule has 6 aromatic rings. The van der Waals surface area contributed by atoms with Crippen LogP contribution in [0.5, 0.6) is 0 Å². The number of hydrogen-bond donors (Lipinski definition) is 0. The van der Waals surface area contributed by atoms with Gasteiger partial charge in [-0.3, -0.25) is 0 Å². The molecule has 0 bridgehead atoms. The lowest BCUT2D eigenvalue weighted by molar-refractivity contribution is 0.385. The van der Waals surface area contributed by atoms with Gasteiger partial charge in [0.2, 0.25) is 0 Å². The maximum atomic E-state index is 7.15. The minimum Gasteiger partial charge on any atom is -0.460 e. The Bertz CT molecular complexity index is 3500. The second-order valence-electron chi connectivity index (χ2n) is 19.8. The fourth-order valence-corrected chi connectivity index (χ4v) is 12.2. The van der Waals surface area contributed by atoms with Crippen LogP contribution in [-0.2, 0) is 0 Å². The highest BCUT2D eigenvalue weighted by molar-refractivity contribution is 6.11. The van der Waals surface area contributed by atoms with Gasteiger partial charge in [0, 0.05) is 56.0 Å². The molecule has 338 valence electrons. The second-order valence-corrected chi connectivity index (χ2v) is 19.8. The first-order valence-corrected chi connectivity index (χ1v) is 25.6. The first kappa shape index (κ1) is 41.8. The molecule has 4 aromatic carbocycles. The van der Waals surface area contributed by atoms with Gasteiger partial charge in [0.1, 0.15) is 11.2 Å². The molecule has 7 aliphatic rings. The first-order valence-electron chi connectivity index (χ1n) is 25.6. The van der Waals surface area contributed by atoms with E-state index in [1.54, 1.807) is 0 Å². The molecule has 0 amide bonds. The number of benzene rings is 4. The fraction of sp³-hybridized carbons (Fsp3) is 0.212. The van der Waals surface area contributed by atoms with Crippen LogP contribution < -0.4 is 15.5 Å². The normalized spacial score (nSPS) is 22.5. The molecule has 0 spiro atoms. The highest BCUT2D eigenvalue weighted by Gasteiger charge is 2.31. The fourth-order valence-electron chi connectivity index (χ4n) is 12.2. The van der Waals surface area contributed by atoms with Crippen molar-refractivity contribution in [2.45, 2.75) is 76.2 Å². The summed E-state index contributed by atoms with van der Waals surface area (Å²) >= 11 is 0.